The molecule has 0 radical (unpaired) electrons. The summed E-state index contributed by atoms with van der Waals surface area (Å²) in [6.45, 7) is 12.7. The molecule has 1 saturated heterocycles. The summed E-state index contributed by atoms with van der Waals surface area (Å²) in [5.74, 6) is -4.65. The van der Waals surface area contributed by atoms with E-state index >= 15 is 0 Å². The van der Waals surface area contributed by atoms with E-state index in [1.165, 1.54) is 30.3 Å². The monoisotopic (exact) mass is 811 g/mol. The van der Waals surface area contributed by atoms with Crippen LogP contribution in [-0.2, 0) is 29.2 Å². The van der Waals surface area contributed by atoms with Crippen LogP contribution in [0.2, 0.25) is 0 Å². The van der Waals surface area contributed by atoms with Gasteiger partial charge in [-0.2, -0.15) is 17.5 Å². The third-order valence-electron chi connectivity index (χ3n) is 11.5. The molecule has 0 spiro atoms. The van der Waals surface area contributed by atoms with Crippen LogP contribution in [0.3, 0.4) is 0 Å². The quantitative estimate of drug-likeness (QED) is 0.144. The molecular weight excluding hydrogens is 756 g/mol. The summed E-state index contributed by atoms with van der Waals surface area (Å²) in [5.41, 5.74) is -1.05. The average molecular weight is 812 g/mol. The van der Waals surface area contributed by atoms with Gasteiger partial charge < -0.3 is 26.2 Å². The second-order valence-corrected chi connectivity index (χ2v) is 18.8. The highest BCUT2D eigenvalue weighted by Gasteiger charge is 2.69. The van der Waals surface area contributed by atoms with Gasteiger partial charge in [-0.3, -0.25) is 19.2 Å². The van der Waals surface area contributed by atoms with E-state index in [1.54, 1.807) is 12.1 Å². The third-order valence-corrected chi connectivity index (χ3v) is 13.3. The predicted molar refractivity (Wildman–Crippen MR) is 201 cm³/mol. The van der Waals surface area contributed by atoms with Gasteiger partial charge in [0.25, 0.3) is 15.9 Å². The number of rotatable bonds is 16. The van der Waals surface area contributed by atoms with Crippen molar-refractivity contribution < 1.29 is 45.6 Å². The highest BCUT2D eigenvalue weighted by Crippen LogP contribution is 2.65. The number of likely N-dealkylation sites (tertiary alicyclic amines) is 1. The fraction of sp³-hybridized carbons (Fsp3) is 0.684. The van der Waals surface area contributed by atoms with Crippen molar-refractivity contribution in [1.29, 1.82) is 0 Å². The smallest absolute Gasteiger partial charge is 0.346 e. The van der Waals surface area contributed by atoms with Crippen LogP contribution in [0.25, 0.3) is 0 Å². The maximum atomic E-state index is 14.6. The number of amides is 5. The molecule has 2 saturated carbocycles. The van der Waals surface area contributed by atoms with E-state index in [9.17, 15) is 45.6 Å². The molecule has 1 aromatic rings. The number of nitrogens with one attached hydrogen (secondary N) is 4. The molecule has 3 fully saturated rings. The van der Waals surface area contributed by atoms with Gasteiger partial charge in [0, 0.05) is 45.3 Å². The minimum atomic E-state index is -4.67. The van der Waals surface area contributed by atoms with Gasteiger partial charge in [-0.25, -0.2) is 18.2 Å². The Morgan fingerprint density at radius 2 is 1.71 bits per heavy atom. The number of halogens is 3. The fourth-order valence-corrected chi connectivity index (χ4v) is 9.09. The molecule has 1 unspecified atom stereocenters. The van der Waals surface area contributed by atoms with Gasteiger partial charge in [0.05, 0.1) is 6.04 Å². The number of hydrogen-bond donors (Lipinski definition) is 4. The van der Waals surface area contributed by atoms with Gasteiger partial charge in [-0.15, -0.1) is 6.58 Å². The Labute approximate surface area is 327 Å². The van der Waals surface area contributed by atoms with Crippen molar-refractivity contribution in [2.24, 2.45) is 28.6 Å². The standard InChI is InChI=1S/C38H56F3N7O7S/c1-8-19-43-33(51)31(49)25(17-18-38(39,40)41)44-32(50)30-28-24(37(28,5)6)21-48(30)34(52)29(23-14-10-9-11-15-23)46-35(53)45-26(36(2,3)4)22-47(7)56(54,55)27-16-12-13-20-42-27/h8,12-13,16,20,23-26,28-30H,1,9-11,14-15,17-19,21-22H2,2-7H3,(H,43,51)(H,44,50)(H2,45,46,53)/t24-,25?,26+,28-,29-,30-/m0/s1. The van der Waals surface area contributed by atoms with Crippen molar-refractivity contribution in [1.82, 2.24) is 35.5 Å². The molecule has 1 aliphatic heterocycles. The number of carbonyl (C=O) groups excluding carboxylic acids is 5. The molecular formula is C38H56F3N7O7S. The number of urea groups is 1. The first-order valence-corrected chi connectivity index (χ1v) is 20.5. The van der Waals surface area contributed by atoms with Crippen molar-refractivity contribution in [3.8, 4) is 0 Å². The van der Waals surface area contributed by atoms with Crippen LogP contribution < -0.4 is 21.3 Å². The van der Waals surface area contributed by atoms with E-state index < -0.39 is 93.6 Å². The summed E-state index contributed by atoms with van der Waals surface area (Å²) in [5, 5.41) is 10.2. The number of hydrogen-bond acceptors (Lipinski definition) is 8. The predicted octanol–water partition coefficient (Wildman–Crippen LogP) is 3.55. The minimum Gasteiger partial charge on any atom is -0.346 e. The van der Waals surface area contributed by atoms with Crippen molar-refractivity contribution in [2.75, 3.05) is 26.7 Å². The highest BCUT2D eigenvalue weighted by molar-refractivity contribution is 7.89. The number of piperidine rings is 1. The summed E-state index contributed by atoms with van der Waals surface area (Å²) >= 11 is 0. The van der Waals surface area contributed by atoms with Gasteiger partial charge in [0.1, 0.15) is 12.1 Å². The lowest BCUT2D eigenvalue weighted by Gasteiger charge is -2.38. The number of Topliss-reactive ketones (excluding diaryl/α,β-unsaturated/α-hetero) is 1. The minimum absolute atomic E-state index is 0.117. The first-order chi connectivity index (χ1) is 26.0. The number of carbonyl (C=O) groups is 5. The van der Waals surface area contributed by atoms with E-state index in [2.05, 4.69) is 32.8 Å². The molecule has 0 aromatic carbocycles. The van der Waals surface area contributed by atoms with E-state index in [0.29, 0.717) is 12.8 Å². The molecule has 4 N–H and O–H groups in total. The maximum Gasteiger partial charge on any atom is 0.389 e. The lowest BCUT2D eigenvalue weighted by molar-refractivity contribution is -0.147. The molecule has 14 nitrogen and oxygen atoms in total. The number of alkyl halides is 3. The van der Waals surface area contributed by atoms with E-state index in [-0.39, 0.29) is 42.4 Å². The molecule has 0 bridgehead atoms. The van der Waals surface area contributed by atoms with Gasteiger partial charge in [0.15, 0.2) is 5.03 Å². The molecule has 2 aliphatic carbocycles. The number of fused-ring (bicyclic) bond motifs is 1. The Morgan fingerprint density at radius 3 is 2.29 bits per heavy atom. The van der Waals surface area contributed by atoms with Crippen LogP contribution in [0.1, 0.15) is 79.6 Å². The molecule has 1 aromatic heterocycles. The topological polar surface area (TPSA) is 187 Å². The zero-order chi connectivity index (χ0) is 41.8. The average Bonchev–Trinajstić information content (AvgIpc) is 3.43. The Balaban J connectivity index is 1.58. The Bertz CT molecular complexity index is 1730. The van der Waals surface area contributed by atoms with Gasteiger partial charge >= 0.3 is 12.2 Å². The highest BCUT2D eigenvalue weighted by atomic mass is 32.2. The number of nitrogens with zero attached hydrogens (tertiary/aromatic N) is 3. The Kier molecular flexibility index (Phi) is 14.0. The fourth-order valence-electron chi connectivity index (χ4n) is 7.98. The Hall–Kier alpha value is -4.06. The summed E-state index contributed by atoms with van der Waals surface area (Å²) < 4.78 is 67.6. The first-order valence-electron chi connectivity index (χ1n) is 19.1. The largest absolute Gasteiger partial charge is 0.389 e. The summed E-state index contributed by atoms with van der Waals surface area (Å²) in [6.07, 6.45) is -0.566. The van der Waals surface area contributed by atoms with Crippen LogP contribution >= 0.6 is 0 Å². The van der Waals surface area contributed by atoms with E-state index in [0.717, 1.165) is 23.6 Å². The second kappa shape index (κ2) is 17.6. The molecule has 2 heterocycles. The summed E-state index contributed by atoms with van der Waals surface area (Å²) in [7, 11) is -2.62. The molecule has 56 heavy (non-hydrogen) atoms. The maximum absolute atomic E-state index is 14.6. The van der Waals surface area contributed by atoms with Crippen LogP contribution in [0.4, 0.5) is 18.0 Å². The summed E-state index contributed by atoms with van der Waals surface area (Å²) in [6, 6.07) is -1.00. The molecule has 312 valence electrons. The normalized spacial score (nSPS) is 22.6. The van der Waals surface area contributed by atoms with Gasteiger partial charge in [-0.1, -0.05) is 66.0 Å². The number of aromatic nitrogens is 1. The molecule has 18 heteroatoms. The SMILES string of the molecule is C=CCNC(=O)C(=O)C(CCC(F)(F)F)NC(=O)[C@@H]1[C@@H]2[C@H](CN1C(=O)[C@@H](NC(=O)N[C@H](CN(C)S(=O)(=O)c1ccccn1)C(C)(C)C)C1CCCCC1)C2(C)C. The lowest BCUT2D eigenvalue weighted by Crippen LogP contribution is -2.61. The number of sulfonamides is 1. The molecule has 6 atom stereocenters. The van der Waals surface area contributed by atoms with Crippen LogP contribution in [0.5, 0.6) is 0 Å². The zero-order valence-corrected chi connectivity index (χ0v) is 33.8. The van der Waals surface area contributed by atoms with Gasteiger partial charge in [0.2, 0.25) is 17.6 Å². The molecule has 4 rings (SSSR count). The zero-order valence-electron chi connectivity index (χ0n) is 32.9. The molecule has 5 amide bonds. The summed E-state index contributed by atoms with van der Waals surface area (Å²) in [4.78, 5) is 73.4. The van der Waals surface area contributed by atoms with Crippen molar-refractivity contribution in [2.45, 2.75) is 115 Å². The third kappa shape index (κ3) is 10.7. The van der Waals surface area contributed by atoms with Gasteiger partial charge in [-0.05, 0) is 60.0 Å². The number of pyridine rings is 1. The second-order valence-electron chi connectivity index (χ2n) is 16.8. The van der Waals surface area contributed by atoms with Crippen LogP contribution in [0.15, 0.2) is 42.1 Å². The van der Waals surface area contributed by atoms with Crippen molar-refractivity contribution >= 4 is 39.6 Å². The van der Waals surface area contributed by atoms with E-state index in [1.807, 2.05) is 34.6 Å². The Morgan fingerprint density at radius 1 is 1.05 bits per heavy atom. The van der Waals surface area contributed by atoms with E-state index in [4.69, 9.17) is 0 Å². The number of likely N-dealkylation sites (N-methyl/N-ethyl adjacent to an activating group) is 1. The lowest BCUT2D eigenvalue weighted by atomic mass is 9.83. The van der Waals surface area contributed by atoms with Crippen LogP contribution in [0, 0.1) is 28.6 Å². The molecule has 3 aliphatic rings. The van der Waals surface area contributed by atoms with Crippen molar-refractivity contribution in [3.05, 3.63) is 37.1 Å². The van der Waals surface area contributed by atoms with Crippen molar-refractivity contribution in [3.63, 3.8) is 0 Å². The number of ketones is 1. The first kappa shape index (κ1) is 44.7. The van der Waals surface area contributed by atoms with Crippen LogP contribution in [-0.4, -0.2) is 109 Å².